The molecule has 1 N–H and O–H groups in total. The summed E-state index contributed by atoms with van der Waals surface area (Å²) in [5.74, 6) is 0.248. The number of nitrogens with zero attached hydrogens (tertiary/aromatic N) is 2. The summed E-state index contributed by atoms with van der Waals surface area (Å²) in [5.41, 5.74) is 2.19. The van der Waals surface area contributed by atoms with Crippen LogP contribution in [0.5, 0.6) is 0 Å². The molecule has 1 aromatic heterocycles. The van der Waals surface area contributed by atoms with Crippen molar-refractivity contribution in [1.29, 1.82) is 0 Å². The van der Waals surface area contributed by atoms with Crippen LogP contribution in [-0.2, 0) is 6.54 Å². The van der Waals surface area contributed by atoms with Crippen LogP contribution in [0.15, 0.2) is 18.3 Å². The topological polar surface area (TPSA) is 39.3 Å². The molecule has 0 unspecified atom stereocenters. The second-order valence-electron chi connectivity index (χ2n) is 7.18. The van der Waals surface area contributed by atoms with Crippen LogP contribution in [0.4, 0.5) is 4.39 Å². The predicted molar refractivity (Wildman–Crippen MR) is 87.8 cm³/mol. The van der Waals surface area contributed by atoms with Gasteiger partial charge in [-0.2, -0.15) is 0 Å². The lowest BCUT2D eigenvalue weighted by molar-refractivity contribution is 0.00183. The highest BCUT2D eigenvalue weighted by Gasteiger charge is 2.41. The van der Waals surface area contributed by atoms with Crippen LogP contribution >= 0.6 is 0 Å². The van der Waals surface area contributed by atoms with Crippen LogP contribution in [0, 0.1) is 11.7 Å². The summed E-state index contributed by atoms with van der Waals surface area (Å²) in [4.78, 5) is 20.1. The van der Waals surface area contributed by atoms with Crippen LogP contribution in [0.2, 0.25) is 0 Å². The molecule has 0 bridgehead atoms. The Balaban J connectivity index is 1.57. The maximum absolute atomic E-state index is 14.0. The summed E-state index contributed by atoms with van der Waals surface area (Å²) in [5, 5.41) is 0.446. The normalized spacial score (nSPS) is 20.4. The van der Waals surface area contributed by atoms with Crippen molar-refractivity contribution in [3.05, 3.63) is 35.3 Å². The second-order valence-corrected chi connectivity index (χ2v) is 7.18. The van der Waals surface area contributed by atoms with E-state index < -0.39 is 0 Å². The summed E-state index contributed by atoms with van der Waals surface area (Å²) in [6.45, 7) is 9.11. The van der Waals surface area contributed by atoms with Crippen molar-refractivity contribution in [3.8, 4) is 0 Å². The smallest absolute Gasteiger partial charge is 0.255 e. The van der Waals surface area contributed by atoms with Gasteiger partial charge in [0, 0.05) is 42.8 Å². The number of nitrogens with one attached hydrogen (secondary N) is 1. The molecule has 5 heteroatoms. The minimum absolute atomic E-state index is 0.0223. The maximum atomic E-state index is 14.0. The lowest BCUT2D eigenvalue weighted by atomic mass is 9.97. The molecule has 2 aromatic rings. The van der Waals surface area contributed by atoms with Gasteiger partial charge < -0.3 is 9.88 Å². The number of hydrogen-bond donors (Lipinski definition) is 1. The van der Waals surface area contributed by atoms with Crippen molar-refractivity contribution >= 4 is 16.8 Å². The average Bonchev–Trinajstić information content (AvgIpc) is 2.99. The molecule has 122 valence electrons. The summed E-state index contributed by atoms with van der Waals surface area (Å²) >= 11 is 0. The van der Waals surface area contributed by atoms with Crippen molar-refractivity contribution < 1.29 is 9.18 Å². The molecule has 1 aromatic carbocycles. The van der Waals surface area contributed by atoms with Crippen LogP contribution in [0.3, 0.4) is 0 Å². The summed E-state index contributed by atoms with van der Waals surface area (Å²) in [6, 6.07) is 4.58. The zero-order valence-corrected chi connectivity index (χ0v) is 13.8. The number of hydrogen-bond acceptors (Lipinski definition) is 2. The minimum atomic E-state index is -0.337. The highest BCUT2D eigenvalue weighted by atomic mass is 19.1. The molecule has 2 aliphatic rings. The molecule has 4 nitrogen and oxygen atoms in total. The maximum Gasteiger partial charge on any atom is 0.255 e. The Labute approximate surface area is 135 Å². The number of fused-ring (bicyclic) bond motifs is 3. The quantitative estimate of drug-likeness (QED) is 0.946. The first-order chi connectivity index (χ1) is 11.0. The van der Waals surface area contributed by atoms with Gasteiger partial charge in [0.1, 0.15) is 5.82 Å². The number of benzene rings is 1. The Morgan fingerprint density at radius 3 is 2.70 bits per heavy atom. The number of likely N-dealkylation sites (tertiary alicyclic amines) is 1. The first-order valence-electron chi connectivity index (χ1n) is 8.31. The number of amides is 1. The SMILES string of the molecule is CC(C)[C@@H](C)N1CC(N2Cc3ccc4[nH]cc(F)c4c3C2=O)C1. The molecule has 0 saturated carbocycles. The van der Waals surface area contributed by atoms with Gasteiger partial charge in [0.2, 0.25) is 0 Å². The molecule has 1 saturated heterocycles. The van der Waals surface area contributed by atoms with Crippen LogP contribution in [0.25, 0.3) is 10.9 Å². The largest absolute Gasteiger partial charge is 0.359 e. The Morgan fingerprint density at radius 2 is 2.00 bits per heavy atom. The van der Waals surface area contributed by atoms with E-state index in [-0.39, 0.29) is 17.8 Å². The van der Waals surface area contributed by atoms with Crippen molar-refractivity contribution in [3.63, 3.8) is 0 Å². The Hall–Kier alpha value is -1.88. The standard InChI is InChI=1S/C18H22FN3O/c1-10(2)11(3)21-8-13(9-21)22-7-12-4-5-15-17(14(19)6-20-15)16(12)18(22)23/h4-6,10-11,13,20H,7-9H2,1-3H3/t11-/m1/s1. The molecule has 1 atom stereocenters. The fourth-order valence-corrected chi connectivity index (χ4v) is 3.74. The number of H-pyrrole nitrogens is 1. The average molecular weight is 315 g/mol. The van der Waals surface area contributed by atoms with Gasteiger partial charge in [-0.25, -0.2) is 4.39 Å². The van der Waals surface area contributed by atoms with Gasteiger partial charge in [0.05, 0.1) is 11.6 Å². The van der Waals surface area contributed by atoms with Gasteiger partial charge in [0.25, 0.3) is 5.91 Å². The number of rotatable bonds is 3. The fraction of sp³-hybridized carbons (Fsp3) is 0.500. The van der Waals surface area contributed by atoms with E-state index in [1.807, 2.05) is 17.0 Å². The molecule has 0 radical (unpaired) electrons. The van der Waals surface area contributed by atoms with Crippen LogP contribution < -0.4 is 0 Å². The van der Waals surface area contributed by atoms with Crippen molar-refractivity contribution in [2.45, 2.75) is 39.4 Å². The van der Waals surface area contributed by atoms with Crippen molar-refractivity contribution in [2.24, 2.45) is 5.92 Å². The van der Waals surface area contributed by atoms with Gasteiger partial charge >= 0.3 is 0 Å². The van der Waals surface area contributed by atoms with Gasteiger partial charge in [-0.3, -0.25) is 9.69 Å². The van der Waals surface area contributed by atoms with Crippen molar-refractivity contribution in [2.75, 3.05) is 13.1 Å². The number of carbonyl (C=O) groups is 1. The van der Waals surface area contributed by atoms with E-state index in [9.17, 15) is 9.18 Å². The molecule has 23 heavy (non-hydrogen) atoms. The first-order valence-corrected chi connectivity index (χ1v) is 8.31. The molecule has 0 spiro atoms. The predicted octanol–water partition coefficient (Wildman–Crippen LogP) is 2.99. The van der Waals surface area contributed by atoms with Gasteiger partial charge in [-0.05, 0) is 24.5 Å². The minimum Gasteiger partial charge on any atom is -0.359 e. The number of aromatic amines is 1. The van der Waals surface area contributed by atoms with Crippen LogP contribution in [-0.4, -0.2) is 45.9 Å². The van der Waals surface area contributed by atoms with E-state index >= 15 is 0 Å². The molecular weight excluding hydrogens is 293 g/mol. The van der Waals surface area contributed by atoms with E-state index in [4.69, 9.17) is 0 Å². The van der Waals surface area contributed by atoms with E-state index in [1.54, 1.807) is 0 Å². The molecule has 1 fully saturated rings. The van der Waals surface area contributed by atoms with Gasteiger partial charge in [-0.1, -0.05) is 19.9 Å². The number of halogens is 1. The molecule has 3 heterocycles. The highest BCUT2D eigenvalue weighted by Crippen LogP contribution is 2.34. The molecular formula is C18H22FN3O. The second kappa shape index (κ2) is 5.06. The van der Waals surface area contributed by atoms with E-state index in [0.717, 1.165) is 18.7 Å². The molecule has 0 aliphatic carbocycles. The number of aromatic nitrogens is 1. The van der Waals surface area contributed by atoms with Gasteiger partial charge in [0.15, 0.2) is 0 Å². The zero-order valence-electron chi connectivity index (χ0n) is 13.8. The summed E-state index contributed by atoms with van der Waals surface area (Å²) in [6.07, 6.45) is 1.33. The third kappa shape index (κ3) is 2.10. The fourth-order valence-electron chi connectivity index (χ4n) is 3.74. The Bertz CT molecular complexity index is 776. The van der Waals surface area contributed by atoms with E-state index in [2.05, 4.69) is 30.7 Å². The van der Waals surface area contributed by atoms with E-state index in [1.165, 1.54) is 6.20 Å². The van der Waals surface area contributed by atoms with Crippen molar-refractivity contribution in [1.82, 2.24) is 14.8 Å². The van der Waals surface area contributed by atoms with Gasteiger partial charge in [-0.15, -0.1) is 0 Å². The highest BCUT2D eigenvalue weighted by molar-refractivity contribution is 6.10. The molecule has 1 amide bonds. The summed E-state index contributed by atoms with van der Waals surface area (Å²) < 4.78 is 14.0. The number of carbonyl (C=O) groups excluding carboxylic acids is 1. The Morgan fingerprint density at radius 1 is 1.26 bits per heavy atom. The summed E-state index contributed by atoms with van der Waals surface area (Å²) in [7, 11) is 0. The Kier molecular flexibility index (Phi) is 3.23. The van der Waals surface area contributed by atoms with E-state index in [0.29, 0.717) is 35.0 Å². The molecule has 4 rings (SSSR count). The third-order valence-electron chi connectivity index (χ3n) is 5.57. The lowest BCUT2D eigenvalue weighted by Crippen LogP contribution is -2.62. The first kappa shape index (κ1) is 14.7. The lowest BCUT2D eigenvalue weighted by Gasteiger charge is -2.48. The van der Waals surface area contributed by atoms with Crippen LogP contribution in [0.1, 0.15) is 36.7 Å². The third-order valence-corrected chi connectivity index (χ3v) is 5.57. The molecule has 2 aliphatic heterocycles. The monoisotopic (exact) mass is 315 g/mol. The zero-order chi connectivity index (χ0) is 16.3.